The highest BCUT2D eigenvalue weighted by Gasteiger charge is 2.16. The van der Waals surface area contributed by atoms with Gasteiger partial charge in [-0.2, -0.15) is 0 Å². The molecule has 0 unspecified atom stereocenters. The van der Waals surface area contributed by atoms with Crippen molar-refractivity contribution in [3.05, 3.63) is 70.9 Å². The monoisotopic (exact) mass is 417 g/mol. The number of fused-ring (bicyclic) bond motifs is 2. The van der Waals surface area contributed by atoms with Crippen LogP contribution in [0.3, 0.4) is 0 Å². The summed E-state index contributed by atoms with van der Waals surface area (Å²) < 4.78 is 8.26. The minimum Gasteiger partial charge on any atom is -0.323 e. The molecule has 4 aromatic rings. The first kappa shape index (κ1) is 17.7. The molecule has 5 rings (SSSR count). The average molecular weight is 418 g/mol. The highest BCUT2D eigenvalue weighted by molar-refractivity contribution is 6.35. The first-order chi connectivity index (χ1) is 15.0. The van der Waals surface area contributed by atoms with Gasteiger partial charge in [0.15, 0.2) is 0 Å². The molecule has 1 aliphatic rings. The van der Waals surface area contributed by atoms with E-state index in [9.17, 15) is 0 Å². The van der Waals surface area contributed by atoms with Crippen molar-refractivity contribution in [2.24, 2.45) is 0 Å². The number of hydrogen-bond donors (Lipinski definition) is 1. The summed E-state index contributed by atoms with van der Waals surface area (Å²) in [5.74, 6) is 0.454. The molecule has 1 aromatic carbocycles. The lowest BCUT2D eigenvalue weighted by molar-refractivity contribution is 0.310. The Morgan fingerprint density at radius 2 is 2.07 bits per heavy atom. The Hall–Kier alpha value is -3.09. The number of aromatic nitrogens is 4. The Labute approximate surface area is 181 Å². The second kappa shape index (κ2) is 7.63. The van der Waals surface area contributed by atoms with E-state index >= 15 is 0 Å². The first-order valence-electron chi connectivity index (χ1n) is 10.3. The number of aryl methyl sites for hydroxylation is 1. The van der Waals surface area contributed by atoms with E-state index in [-0.39, 0.29) is 6.04 Å². The van der Waals surface area contributed by atoms with Crippen molar-refractivity contribution >= 4 is 34.1 Å². The Bertz CT molecular complexity index is 1310. The van der Waals surface area contributed by atoms with Crippen LogP contribution in [0.4, 0.5) is 11.6 Å². The standard InChI is InChI=1S/C23H21ClN6/c1-14-5-7-25-11-18(14)17-3-4-20(24)19-12-27-23(29-22(17)19)28-16-9-15-13-30(2)8-6-21(15)26-10-16/h3-5,7,9-12H,6,8,13H2,1-2H3,(H,27,28,29)/i4D. The predicted octanol–water partition coefficient (Wildman–Crippen LogP) is 4.78. The molecule has 4 heterocycles. The number of hydrogen-bond acceptors (Lipinski definition) is 6. The van der Waals surface area contributed by atoms with Crippen molar-refractivity contribution in [3.8, 4) is 11.1 Å². The fourth-order valence-electron chi connectivity index (χ4n) is 3.81. The third kappa shape index (κ3) is 3.49. The highest BCUT2D eigenvalue weighted by Crippen LogP contribution is 2.33. The Morgan fingerprint density at radius 3 is 2.93 bits per heavy atom. The van der Waals surface area contributed by atoms with Crippen LogP contribution in [0.5, 0.6) is 0 Å². The van der Waals surface area contributed by atoms with Gasteiger partial charge in [-0.25, -0.2) is 9.97 Å². The van der Waals surface area contributed by atoms with Gasteiger partial charge < -0.3 is 10.2 Å². The number of halogens is 1. The van der Waals surface area contributed by atoms with Crippen LogP contribution in [0.15, 0.2) is 49.0 Å². The van der Waals surface area contributed by atoms with Crippen molar-refractivity contribution in [1.82, 2.24) is 24.8 Å². The average Bonchev–Trinajstić information content (AvgIpc) is 2.76. The van der Waals surface area contributed by atoms with Gasteiger partial charge in [-0.05, 0) is 43.3 Å². The summed E-state index contributed by atoms with van der Waals surface area (Å²) in [6, 6.07) is 6.02. The molecule has 7 heteroatoms. The van der Waals surface area contributed by atoms with E-state index < -0.39 is 0 Å². The fourth-order valence-corrected chi connectivity index (χ4v) is 4.00. The van der Waals surface area contributed by atoms with Crippen LogP contribution in [0.25, 0.3) is 22.0 Å². The molecule has 30 heavy (non-hydrogen) atoms. The third-order valence-electron chi connectivity index (χ3n) is 5.44. The second-order valence-corrected chi connectivity index (χ2v) is 7.98. The van der Waals surface area contributed by atoms with Crippen LogP contribution < -0.4 is 5.32 Å². The van der Waals surface area contributed by atoms with Gasteiger partial charge in [-0.3, -0.25) is 9.97 Å². The Kier molecular flexibility index (Phi) is 4.51. The predicted molar refractivity (Wildman–Crippen MR) is 120 cm³/mol. The normalized spacial score (nSPS) is 14.4. The summed E-state index contributed by atoms with van der Waals surface area (Å²) in [6.07, 6.45) is 7.99. The number of likely N-dealkylation sites (N-methyl/N-ethyl adjacent to an activating group) is 1. The van der Waals surface area contributed by atoms with Crippen LogP contribution >= 0.6 is 11.6 Å². The number of rotatable bonds is 3. The first-order valence-corrected chi connectivity index (χ1v) is 10.2. The van der Waals surface area contributed by atoms with E-state index in [1.165, 1.54) is 5.56 Å². The van der Waals surface area contributed by atoms with Gasteiger partial charge in [-0.1, -0.05) is 17.7 Å². The molecule has 1 N–H and O–H groups in total. The van der Waals surface area contributed by atoms with Crippen LogP contribution in [-0.2, 0) is 13.0 Å². The molecular weight excluding hydrogens is 396 g/mol. The molecule has 0 spiro atoms. The summed E-state index contributed by atoms with van der Waals surface area (Å²) in [7, 11) is 2.11. The van der Waals surface area contributed by atoms with Crippen molar-refractivity contribution in [2.75, 3.05) is 18.9 Å². The van der Waals surface area contributed by atoms with Gasteiger partial charge in [0.1, 0.15) is 0 Å². The largest absolute Gasteiger partial charge is 0.323 e. The van der Waals surface area contributed by atoms with E-state index in [4.69, 9.17) is 18.0 Å². The maximum absolute atomic E-state index is 8.26. The fraction of sp³-hybridized carbons (Fsp3) is 0.217. The molecule has 1 aliphatic heterocycles. The van der Waals surface area contributed by atoms with Crippen molar-refractivity contribution in [2.45, 2.75) is 19.9 Å². The lowest BCUT2D eigenvalue weighted by Crippen LogP contribution is -2.27. The second-order valence-electron chi connectivity index (χ2n) is 7.61. The molecule has 0 radical (unpaired) electrons. The zero-order valence-corrected chi connectivity index (χ0v) is 17.5. The van der Waals surface area contributed by atoms with Gasteiger partial charge in [0, 0.05) is 60.3 Å². The van der Waals surface area contributed by atoms with E-state index in [1.807, 2.05) is 19.2 Å². The van der Waals surface area contributed by atoms with Gasteiger partial charge >= 0.3 is 0 Å². The van der Waals surface area contributed by atoms with E-state index in [1.54, 1.807) is 24.7 Å². The zero-order valence-electron chi connectivity index (χ0n) is 17.8. The number of nitrogens with one attached hydrogen (secondary N) is 1. The molecule has 150 valence electrons. The number of benzene rings is 1. The summed E-state index contributed by atoms with van der Waals surface area (Å²) >= 11 is 6.41. The summed E-state index contributed by atoms with van der Waals surface area (Å²) in [5, 5.41) is 4.26. The molecule has 6 nitrogen and oxygen atoms in total. The van der Waals surface area contributed by atoms with E-state index in [0.29, 0.717) is 21.9 Å². The van der Waals surface area contributed by atoms with E-state index in [0.717, 1.165) is 47.6 Å². The van der Waals surface area contributed by atoms with Crippen molar-refractivity contribution in [3.63, 3.8) is 0 Å². The van der Waals surface area contributed by atoms with Crippen LogP contribution in [0.2, 0.25) is 5.02 Å². The SMILES string of the molecule is [2H]c1cc(-c2cnccc2C)c2nc(Nc3cnc4c(c3)CN(C)CC4)ncc2c1Cl. The molecule has 0 saturated heterocycles. The maximum Gasteiger partial charge on any atom is 0.227 e. The molecular formula is C23H21ClN6. The minimum atomic E-state index is 0.236. The smallest absolute Gasteiger partial charge is 0.227 e. The maximum atomic E-state index is 8.26. The quantitative estimate of drug-likeness (QED) is 0.517. The van der Waals surface area contributed by atoms with Crippen LogP contribution in [0, 0.1) is 6.92 Å². The lowest BCUT2D eigenvalue weighted by atomic mass is 10.0. The van der Waals surface area contributed by atoms with Crippen molar-refractivity contribution < 1.29 is 1.37 Å². The van der Waals surface area contributed by atoms with Gasteiger partial charge in [0.05, 0.1) is 23.8 Å². The Morgan fingerprint density at radius 1 is 1.17 bits per heavy atom. The van der Waals surface area contributed by atoms with Gasteiger partial charge in [0.25, 0.3) is 0 Å². The van der Waals surface area contributed by atoms with Crippen LogP contribution in [0.1, 0.15) is 18.2 Å². The molecule has 0 bridgehead atoms. The molecule has 0 saturated carbocycles. The number of nitrogens with zero attached hydrogens (tertiary/aromatic N) is 5. The summed E-state index contributed by atoms with van der Waals surface area (Å²) in [6.45, 7) is 3.91. The highest BCUT2D eigenvalue weighted by atomic mass is 35.5. The van der Waals surface area contributed by atoms with Gasteiger partial charge in [0.2, 0.25) is 5.95 Å². The van der Waals surface area contributed by atoms with Gasteiger partial charge in [-0.15, -0.1) is 0 Å². The zero-order chi connectivity index (χ0) is 21.5. The topological polar surface area (TPSA) is 66.8 Å². The number of pyridine rings is 2. The molecule has 0 atom stereocenters. The summed E-state index contributed by atoms with van der Waals surface area (Å²) in [4.78, 5) is 20.4. The third-order valence-corrected chi connectivity index (χ3v) is 5.75. The number of anilines is 2. The molecule has 0 fully saturated rings. The molecule has 0 amide bonds. The van der Waals surface area contributed by atoms with E-state index in [2.05, 4.69) is 38.3 Å². The Balaban J connectivity index is 1.59. The molecule has 3 aromatic heterocycles. The molecule has 0 aliphatic carbocycles. The lowest BCUT2D eigenvalue weighted by Gasteiger charge is -2.24. The summed E-state index contributed by atoms with van der Waals surface area (Å²) in [5.41, 5.74) is 6.66. The van der Waals surface area contributed by atoms with Crippen molar-refractivity contribution in [1.29, 1.82) is 0 Å². The van der Waals surface area contributed by atoms with Crippen LogP contribution in [-0.4, -0.2) is 38.4 Å². The minimum absolute atomic E-state index is 0.236.